The van der Waals surface area contributed by atoms with E-state index in [1.54, 1.807) is 12.1 Å². The zero-order chi connectivity index (χ0) is 19.3. The summed E-state index contributed by atoms with van der Waals surface area (Å²) in [5, 5.41) is 6.34. The average molecular weight is 385 g/mol. The van der Waals surface area contributed by atoms with E-state index in [1.165, 1.54) is 12.1 Å². The zero-order valence-corrected chi connectivity index (χ0v) is 15.6. The summed E-state index contributed by atoms with van der Waals surface area (Å²) in [5.41, 5.74) is 0.902. The Balaban J connectivity index is 1.20. The number of nitrogens with zero attached hydrogens (tertiary/aromatic N) is 1. The van der Waals surface area contributed by atoms with Crippen molar-refractivity contribution in [3.05, 3.63) is 54.3 Å². The van der Waals surface area contributed by atoms with Gasteiger partial charge in [-0.25, -0.2) is 9.18 Å². The maximum absolute atomic E-state index is 13.0. The van der Waals surface area contributed by atoms with E-state index in [-0.39, 0.29) is 24.0 Å². The Morgan fingerprint density at radius 3 is 2.54 bits per heavy atom. The maximum atomic E-state index is 13.0. The van der Waals surface area contributed by atoms with Gasteiger partial charge in [-0.15, -0.1) is 0 Å². The number of hydrogen-bond donors (Lipinski definition) is 2. The van der Waals surface area contributed by atoms with E-state index in [1.807, 2.05) is 29.2 Å². The Bertz CT molecular complexity index is 807. The lowest BCUT2D eigenvalue weighted by Crippen LogP contribution is -2.49. The summed E-state index contributed by atoms with van der Waals surface area (Å²) in [6, 6.07) is 14.1. The fourth-order valence-electron chi connectivity index (χ4n) is 3.49. The highest BCUT2D eigenvalue weighted by Gasteiger charge is 2.25. The van der Waals surface area contributed by atoms with Crippen LogP contribution in [0.4, 0.5) is 14.9 Å². The SMILES string of the molecule is O=C(NCC1COc2ccccc2O1)N1CCC(Nc2ccc(F)cc2)CC1. The predicted molar refractivity (Wildman–Crippen MR) is 104 cm³/mol. The first-order valence-corrected chi connectivity index (χ1v) is 9.61. The maximum Gasteiger partial charge on any atom is 0.317 e. The second-order valence-corrected chi connectivity index (χ2v) is 7.10. The molecule has 0 bridgehead atoms. The summed E-state index contributed by atoms with van der Waals surface area (Å²) in [4.78, 5) is 14.3. The molecule has 2 aliphatic rings. The number of likely N-dealkylation sites (tertiary alicyclic amines) is 1. The first-order valence-electron chi connectivity index (χ1n) is 9.61. The minimum Gasteiger partial charge on any atom is -0.486 e. The van der Waals surface area contributed by atoms with Crippen LogP contribution in [-0.2, 0) is 0 Å². The molecule has 4 rings (SSSR count). The van der Waals surface area contributed by atoms with E-state index in [2.05, 4.69) is 10.6 Å². The van der Waals surface area contributed by atoms with Crippen molar-refractivity contribution in [2.75, 3.05) is 31.6 Å². The lowest BCUT2D eigenvalue weighted by Gasteiger charge is -2.33. The Labute approximate surface area is 163 Å². The van der Waals surface area contributed by atoms with Gasteiger partial charge in [-0.3, -0.25) is 0 Å². The molecule has 0 spiro atoms. The van der Waals surface area contributed by atoms with Crippen LogP contribution >= 0.6 is 0 Å². The number of para-hydroxylation sites is 2. The van der Waals surface area contributed by atoms with Gasteiger partial charge in [0.25, 0.3) is 0 Å². The van der Waals surface area contributed by atoms with Crippen LogP contribution in [0, 0.1) is 5.82 Å². The Kier molecular flexibility index (Phi) is 5.50. The molecule has 2 amide bonds. The van der Waals surface area contributed by atoms with E-state index < -0.39 is 0 Å². The van der Waals surface area contributed by atoms with E-state index in [0.29, 0.717) is 32.0 Å². The number of rotatable bonds is 4. The molecule has 0 radical (unpaired) electrons. The van der Waals surface area contributed by atoms with Gasteiger partial charge in [0, 0.05) is 24.8 Å². The summed E-state index contributed by atoms with van der Waals surface area (Å²) in [6.07, 6.45) is 1.50. The van der Waals surface area contributed by atoms with Crippen LogP contribution in [0.15, 0.2) is 48.5 Å². The van der Waals surface area contributed by atoms with Crippen molar-refractivity contribution in [2.24, 2.45) is 0 Å². The van der Waals surface area contributed by atoms with Gasteiger partial charge in [0.15, 0.2) is 17.6 Å². The number of nitrogens with one attached hydrogen (secondary N) is 2. The molecule has 2 heterocycles. The number of benzene rings is 2. The number of anilines is 1. The second kappa shape index (κ2) is 8.37. The molecule has 2 aromatic carbocycles. The molecule has 0 aromatic heterocycles. The van der Waals surface area contributed by atoms with Crippen molar-refractivity contribution in [1.29, 1.82) is 0 Å². The minimum atomic E-state index is -0.243. The molecule has 1 saturated heterocycles. The number of amides is 2. The van der Waals surface area contributed by atoms with Crippen LogP contribution in [-0.4, -0.2) is 49.3 Å². The van der Waals surface area contributed by atoms with E-state index in [4.69, 9.17) is 9.47 Å². The minimum absolute atomic E-state index is 0.0808. The summed E-state index contributed by atoms with van der Waals surface area (Å²) in [6.45, 7) is 2.17. The number of ether oxygens (including phenoxy) is 2. The van der Waals surface area contributed by atoms with Gasteiger partial charge in [0.1, 0.15) is 12.4 Å². The van der Waals surface area contributed by atoms with Gasteiger partial charge in [0.2, 0.25) is 0 Å². The zero-order valence-electron chi connectivity index (χ0n) is 15.6. The molecule has 7 heteroatoms. The highest BCUT2D eigenvalue weighted by atomic mass is 19.1. The summed E-state index contributed by atoms with van der Waals surface area (Å²) in [5.74, 6) is 1.20. The van der Waals surface area contributed by atoms with Crippen molar-refractivity contribution in [2.45, 2.75) is 25.0 Å². The highest BCUT2D eigenvalue weighted by Crippen LogP contribution is 2.30. The van der Waals surface area contributed by atoms with Gasteiger partial charge in [-0.05, 0) is 49.2 Å². The molecule has 6 nitrogen and oxygen atoms in total. The molecule has 1 fully saturated rings. The third kappa shape index (κ3) is 4.47. The van der Waals surface area contributed by atoms with Gasteiger partial charge >= 0.3 is 6.03 Å². The van der Waals surface area contributed by atoms with Crippen LogP contribution in [0.3, 0.4) is 0 Å². The van der Waals surface area contributed by atoms with E-state index in [9.17, 15) is 9.18 Å². The fourth-order valence-corrected chi connectivity index (χ4v) is 3.49. The second-order valence-electron chi connectivity index (χ2n) is 7.10. The van der Waals surface area contributed by atoms with Gasteiger partial charge in [-0.2, -0.15) is 0 Å². The number of carbonyl (C=O) groups excluding carboxylic acids is 1. The van der Waals surface area contributed by atoms with E-state index in [0.717, 1.165) is 24.3 Å². The first kappa shape index (κ1) is 18.4. The van der Waals surface area contributed by atoms with Gasteiger partial charge < -0.3 is 25.0 Å². The molecule has 0 aliphatic carbocycles. The van der Waals surface area contributed by atoms with Gasteiger partial charge in [-0.1, -0.05) is 12.1 Å². The largest absolute Gasteiger partial charge is 0.486 e. The third-order valence-corrected chi connectivity index (χ3v) is 5.05. The van der Waals surface area contributed by atoms with Crippen molar-refractivity contribution in [1.82, 2.24) is 10.2 Å². The van der Waals surface area contributed by atoms with Crippen LogP contribution in [0.1, 0.15) is 12.8 Å². The van der Waals surface area contributed by atoms with Crippen LogP contribution < -0.4 is 20.1 Å². The smallest absolute Gasteiger partial charge is 0.317 e. The van der Waals surface area contributed by atoms with E-state index >= 15 is 0 Å². The molecular weight excluding hydrogens is 361 g/mol. The number of halogens is 1. The quantitative estimate of drug-likeness (QED) is 0.848. The molecule has 28 heavy (non-hydrogen) atoms. The fraction of sp³-hybridized carbons (Fsp3) is 0.381. The van der Waals surface area contributed by atoms with Crippen molar-refractivity contribution in [3.8, 4) is 11.5 Å². The lowest BCUT2D eigenvalue weighted by atomic mass is 10.0. The Morgan fingerprint density at radius 2 is 1.79 bits per heavy atom. The molecule has 2 N–H and O–H groups in total. The highest BCUT2D eigenvalue weighted by molar-refractivity contribution is 5.74. The van der Waals surface area contributed by atoms with Crippen molar-refractivity contribution >= 4 is 11.7 Å². The predicted octanol–water partition coefficient (Wildman–Crippen LogP) is 3.25. The molecule has 2 aromatic rings. The lowest BCUT2D eigenvalue weighted by molar-refractivity contribution is 0.0896. The summed E-state index contributed by atoms with van der Waals surface area (Å²) >= 11 is 0. The van der Waals surface area contributed by atoms with Crippen LogP contribution in [0.5, 0.6) is 11.5 Å². The monoisotopic (exact) mass is 385 g/mol. The number of piperidine rings is 1. The topological polar surface area (TPSA) is 62.8 Å². The molecule has 0 saturated carbocycles. The number of carbonyl (C=O) groups is 1. The van der Waals surface area contributed by atoms with Crippen molar-refractivity contribution < 1.29 is 18.7 Å². The first-order chi connectivity index (χ1) is 13.7. The molecular formula is C21H24FN3O3. The van der Waals surface area contributed by atoms with Gasteiger partial charge in [0.05, 0.1) is 6.54 Å². The normalized spacial score (nSPS) is 19.2. The number of hydrogen-bond acceptors (Lipinski definition) is 4. The number of urea groups is 1. The Hall–Kier alpha value is -2.96. The molecule has 1 atom stereocenters. The van der Waals surface area contributed by atoms with Crippen LogP contribution in [0.25, 0.3) is 0 Å². The standard InChI is InChI=1S/C21H24FN3O3/c22-15-5-7-16(8-6-15)24-17-9-11-25(12-10-17)21(26)23-13-18-14-27-19-3-1-2-4-20(19)28-18/h1-8,17-18,24H,9-14H2,(H,23,26). The van der Waals surface area contributed by atoms with Crippen molar-refractivity contribution in [3.63, 3.8) is 0 Å². The average Bonchev–Trinajstić information content (AvgIpc) is 2.74. The van der Waals surface area contributed by atoms with Crippen LogP contribution in [0.2, 0.25) is 0 Å². The number of fused-ring (bicyclic) bond motifs is 1. The Morgan fingerprint density at radius 1 is 1.07 bits per heavy atom. The molecule has 148 valence electrons. The summed E-state index contributed by atoms with van der Waals surface area (Å²) in [7, 11) is 0. The summed E-state index contributed by atoms with van der Waals surface area (Å²) < 4.78 is 24.5. The molecule has 2 aliphatic heterocycles. The molecule has 1 unspecified atom stereocenters. The third-order valence-electron chi connectivity index (χ3n) is 5.05.